The van der Waals surface area contributed by atoms with Gasteiger partial charge in [0.15, 0.2) is 8.24 Å². The second kappa shape index (κ2) is 10.3. The molecule has 190 valence electrons. The van der Waals surface area contributed by atoms with Crippen molar-refractivity contribution < 1.29 is 4.39 Å². The Hall–Kier alpha value is -1.36. The topological polar surface area (TPSA) is 29.9 Å². The van der Waals surface area contributed by atoms with Crippen molar-refractivity contribution in [3.63, 3.8) is 0 Å². The highest BCUT2D eigenvalue weighted by Gasteiger charge is 2.46. The molecular formula is C29H48FN3Si. The van der Waals surface area contributed by atoms with Crippen LogP contribution in [0.15, 0.2) is 18.3 Å². The van der Waals surface area contributed by atoms with Gasteiger partial charge in [0.1, 0.15) is 17.1 Å². The summed E-state index contributed by atoms with van der Waals surface area (Å²) in [5.74, 6) is 1.48. The highest BCUT2D eigenvalue weighted by atomic mass is 28.3. The summed E-state index contributed by atoms with van der Waals surface area (Å²) in [5, 5.41) is 4.76. The Morgan fingerprint density at radius 3 is 2.12 bits per heavy atom. The minimum Gasteiger partial charge on any atom is -0.367 e. The van der Waals surface area contributed by atoms with Crippen molar-refractivity contribution in [1.29, 1.82) is 0 Å². The normalized spacial score (nSPS) is 20.1. The largest absolute Gasteiger partial charge is 0.367 e. The summed E-state index contributed by atoms with van der Waals surface area (Å²) in [4.78, 5) is 5.24. The summed E-state index contributed by atoms with van der Waals surface area (Å²) in [7, 11) is -1.95. The van der Waals surface area contributed by atoms with E-state index in [1.807, 2.05) is 0 Å². The van der Waals surface area contributed by atoms with E-state index in [1.165, 1.54) is 49.5 Å². The second-order valence-corrected chi connectivity index (χ2v) is 18.0. The molecule has 0 atom stereocenters. The number of fused-ring (bicyclic) bond motifs is 1. The van der Waals surface area contributed by atoms with Crippen molar-refractivity contribution in [3.05, 3.63) is 23.9 Å². The quantitative estimate of drug-likeness (QED) is 0.378. The van der Waals surface area contributed by atoms with Crippen molar-refractivity contribution >= 4 is 25.1 Å². The van der Waals surface area contributed by atoms with Gasteiger partial charge in [0.05, 0.1) is 6.54 Å². The van der Waals surface area contributed by atoms with Crippen LogP contribution in [0, 0.1) is 0 Å². The molecule has 0 amide bonds. The minimum absolute atomic E-state index is 0.378. The van der Waals surface area contributed by atoms with Crippen LogP contribution in [-0.4, -0.2) is 29.7 Å². The maximum Gasteiger partial charge on any atom is 0.171 e. The number of pyridine rings is 1. The number of anilines is 1. The lowest BCUT2D eigenvalue weighted by Gasteiger charge is -2.44. The number of rotatable bonds is 8. The first-order valence-corrected chi connectivity index (χ1v) is 16.3. The fraction of sp³-hybridized carbons (Fsp3) is 0.759. The molecule has 0 spiro atoms. The molecule has 2 fully saturated rings. The Morgan fingerprint density at radius 2 is 1.53 bits per heavy atom. The second-order valence-electron chi connectivity index (χ2n) is 12.3. The van der Waals surface area contributed by atoms with Crippen LogP contribution in [0.3, 0.4) is 0 Å². The maximum absolute atomic E-state index is 15.3. The first kappa shape index (κ1) is 25.7. The predicted octanol–water partition coefficient (Wildman–Crippen LogP) is 9.19. The third-order valence-electron chi connectivity index (χ3n) is 9.26. The molecule has 0 aromatic carbocycles. The maximum atomic E-state index is 15.3. The first-order valence-electron chi connectivity index (χ1n) is 14.1. The van der Waals surface area contributed by atoms with Crippen molar-refractivity contribution in [1.82, 2.24) is 9.22 Å². The molecule has 2 aromatic heterocycles. The van der Waals surface area contributed by atoms with Crippen LogP contribution < -0.4 is 5.32 Å². The monoisotopic (exact) mass is 485 g/mol. The number of halogens is 1. The summed E-state index contributed by atoms with van der Waals surface area (Å²) in [6, 6.07) is 4.39. The fourth-order valence-corrected chi connectivity index (χ4v) is 14.3. The molecule has 2 aliphatic carbocycles. The number of nitrogens with one attached hydrogen (secondary N) is 1. The molecule has 0 bridgehead atoms. The Balaban J connectivity index is 1.79. The van der Waals surface area contributed by atoms with Gasteiger partial charge in [0, 0.05) is 11.6 Å². The van der Waals surface area contributed by atoms with Gasteiger partial charge in [-0.3, -0.25) is 0 Å². The zero-order chi connectivity index (χ0) is 24.5. The Kier molecular flexibility index (Phi) is 7.81. The highest BCUT2D eigenvalue weighted by Crippen LogP contribution is 2.46. The van der Waals surface area contributed by atoms with Gasteiger partial charge < -0.3 is 9.55 Å². The van der Waals surface area contributed by atoms with Crippen molar-refractivity contribution in [2.45, 2.75) is 134 Å². The van der Waals surface area contributed by atoms with E-state index in [-0.39, 0.29) is 0 Å². The summed E-state index contributed by atoms with van der Waals surface area (Å²) >= 11 is 0. The number of hydrogen-bond donors (Lipinski definition) is 1. The SMILES string of the molecule is CC(C)[Si](C(C)C)(C(C)C)n1cc(C2CCCCC2)c2ccc(NCC3(F)CCCCC3)nc21. The molecule has 2 heterocycles. The predicted molar refractivity (Wildman–Crippen MR) is 147 cm³/mol. The molecular weight excluding hydrogens is 437 g/mol. The van der Waals surface area contributed by atoms with Crippen LogP contribution in [0.5, 0.6) is 0 Å². The molecule has 1 N–H and O–H groups in total. The van der Waals surface area contributed by atoms with Gasteiger partial charge in [-0.1, -0.05) is 80.1 Å². The van der Waals surface area contributed by atoms with E-state index in [4.69, 9.17) is 4.98 Å². The Bertz CT molecular complexity index is 930. The standard InChI is InChI=1S/C29H48FN3Si/c1-21(2)34(22(3)4,23(5)6)33-19-26(24-13-9-7-10-14-24)25-15-16-27(32-28(25)33)31-20-29(30)17-11-8-12-18-29/h15-16,19,21-24H,7-14,17-18,20H2,1-6H3,(H,31,32). The molecule has 4 rings (SSSR count). The van der Waals surface area contributed by atoms with Crippen LogP contribution in [0.4, 0.5) is 10.2 Å². The van der Waals surface area contributed by atoms with E-state index in [1.54, 1.807) is 0 Å². The number of alkyl halides is 1. The van der Waals surface area contributed by atoms with Crippen molar-refractivity contribution in [2.75, 3.05) is 11.9 Å². The minimum atomic E-state index is -1.95. The average molecular weight is 486 g/mol. The molecule has 2 saturated carbocycles. The van der Waals surface area contributed by atoms with E-state index in [0.717, 1.165) is 24.3 Å². The van der Waals surface area contributed by atoms with Gasteiger partial charge in [-0.2, -0.15) is 0 Å². The number of hydrogen-bond acceptors (Lipinski definition) is 2. The lowest BCUT2D eigenvalue weighted by molar-refractivity contribution is 0.122. The van der Waals surface area contributed by atoms with E-state index in [0.29, 0.717) is 41.9 Å². The third kappa shape index (κ3) is 4.70. The van der Waals surface area contributed by atoms with Crippen LogP contribution in [0.1, 0.15) is 117 Å². The van der Waals surface area contributed by atoms with Gasteiger partial charge in [-0.25, -0.2) is 9.37 Å². The molecule has 2 aromatic rings. The van der Waals surface area contributed by atoms with Gasteiger partial charge in [-0.15, -0.1) is 0 Å². The van der Waals surface area contributed by atoms with Gasteiger partial charge in [0.2, 0.25) is 0 Å². The molecule has 5 heteroatoms. The fourth-order valence-electron chi connectivity index (χ4n) is 7.71. The molecule has 0 aliphatic heterocycles. The number of aromatic nitrogens is 2. The summed E-state index contributed by atoms with van der Waals surface area (Å²) in [5.41, 5.74) is 3.40. The molecule has 2 aliphatic rings. The molecule has 0 unspecified atom stereocenters. The van der Waals surface area contributed by atoms with Crippen LogP contribution in [0.2, 0.25) is 16.6 Å². The highest BCUT2D eigenvalue weighted by molar-refractivity contribution is 6.82. The van der Waals surface area contributed by atoms with E-state index >= 15 is 4.39 Å². The lowest BCUT2D eigenvalue weighted by atomic mass is 9.84. The van der Waals surface area contributed by atoms with Crippen LogP contribution in [0.25, 0.3) is 11.0 Å². The molecule has 3 nitrogen and oxygen atoms in total. The zero-order valence-electron chi connectivity index (χ0n) is 22.6. The van der Waals surface area contributed by atoms with Gasteiger partial charge >= 0.3 is 0 Å². The van der Waals surface area contributed by atoms with Crippen LogP contribution in [-0.2, 0) is 0 Å². The Labute approximate surface area is 208 Å². The smallest absolute Gasteiger partial charge is 0.171 e. The lowest BCUT2D eigenvalue weighted by Crippen LogP contribution is -2.51. The number of nitrogens with zero attached hydrogens (tertiary/aromatic N) is 2. The Morgan fingerprint density at radius 1 is 0.941 bits per heavy atom. The summed E-state index contributed by atoms with van der Waals surface area (Å²) in [6.07, 6.45) is 13.7. The molecule has 0 radical (unpaired) electrons. The average Bonchev–Trinajstić information content (AvgIpc) is 3.17. The van der Waals surface area contributed by atoms with Crippen LogP contribution >= 0.6 is 0 Å². The van der Waals surface area contributed by atoms with Crippen molar-refractivity contribution in [3.8, 4) is 0 Å². The van der Waals surface area contributed by atoms with E-state index in [2.05, 4.69) is 69.4 Å². The third-order valence-corrected chi connectivity index (χ3v) is 16.0. The van der Waals surface area contributed by atoms with Gasteiger partial charge in [0.25, 0.3) is 0 Å². The first-order chi connectivity index (χ1) is 16.2. The van der Waals surface area contributed by atoms with E-state index < -0.39 is 13.9 Å². The van der Waals surface area contributed by atoms with E-state index in [9.17, 15) is 0 Å². The summed E-state index contributed by atoms with van der Waals surface area (Å²) in [6.45, 7) is 14.9. The van der Waals surface area contributed by atoms with Gasteiger partial charge in [-0.05, 0) is 65.9 Å². The zero-order valence-corrected chi connectivity index (χ0v) is 23.6. The van der Waals surface area contributed by atoms with Crippen molar-refractivity contribution in [2.24, 2.45) is 0 Å². The molecule has 34 heavy (non-hydrogen) atoms. The molecule has 0 saturated heterocycles. The summed E-state index contributed by atoms with van der Waals surface area (Å²) < 4.78 is 18.0.